The van der Waals surface area contributed by atoms with Gasteiger partial charge in [0.15, 0.2) is 0 Å². The molecule has 20 heavy (non-hydrogen) atoms. The van der Waals surface area contributed by atoms with E-state index in [1.165, 1.54) is 16.8 Å². The maximum absolute atomic E-state index is 6.22. The maximum atomic E-state index is 6.22. The van der Waals surface area contributed by atoms with Gasteiger partial charge in [-0.15, -0.1) is 0 Å². The quantitative estimate of drug-likeness (QED) is 0.751. The molecule has 1 aromatic heterocycles. The highest BCUT2D eigenvalue weighted by molar-refractivity contribution is 6.32. The van der Waals surface area contributed by atoms with Gasteiger partial charge in [-0.2, -0.15) is 0 Å². The topological polar surface area (TPSA) is 16.1 Å². The van der Waals surface area contributed by atoms with Crippen LogP contribution in [0, 0.1) is 6.92 Å². The summed E-state index contributed by atoms with van der Waals surface area (Å²) in [6, 6.07) is 10.2. The zero-order valence-corrected chi connectivity index (χ0v) is 12.9. The summed E-state index contributed by atoms with van der Waals surface area (Å²) in [7, 11) is 0. The van der Waals surface area contributed by atoms with Crippen molar-refractivity contribution < 1.29 is 0 Å². The Morgan fingerprint density at radius 2 is 2.05 bits per heavy atom. The molecule has 2 heterocycles. The van der Waals surface area contributed by atoms with Crippen molar-refractivity contribution >= 4 is 28.9 Å². The second kappa shape index (κ2) is 5.63. The molecule has 0 radical (unpaired) electrons. The molecular weight excluding hydrogens is 291 g/mol. The number of benzene rings is 1. The molecular formula is C16H16Cl2N2. The minimum Gasteiger partial charge on any atom is -0.365 e. The molecule has 1 aromatic carbocycles. The normalized spacial score (nSPS) is 14.2. The number of aryl methyl sites for hydroxylation is 2. The molecule has 4 heteroatoms. The van der Waals surface area contributed by atoms with Crippen LogP contribution in [0.4, 0.5) is 5.69 Å². The third-order valence-corrected chi connectivity index (χ3v) is 4.23. The van der Waals surface area contributed by atoms with E-state index in [2.05, 4.69) is 35.0 Å². The number of anilines is 1. The third kappa shape index (κ3) is 2.77. The van der Waals surface area contributed by atoms with E-state index in [9.17, 15) is 0 Å². The minimum atomic E-state index is 0.491. The molecule has 3 rings (SSSR count). The molecule has 0 N–H and O–H groups in total. The molecule has 1 aliphatic rings. The first-order chi connectivity index (χ1) is 9.63. The number of aromatic nitrogens is 1. The number of hydrogen-bond acceptors (Lipinski definition) is 2. The van der Waals surface area contributed by atoms with Crippen LogP contribution in [0.2, 0.25) is 10.2 Å². The van der Waals surface area contributed by atoms with Crippen LogP contribution < -0.4 is 4.90 Å². The van der Waals surface area contributed by atoms with E-state index >= 15 is 0 Å². The largest absolute Gasteiger partial charge is 0.365 e. The van der Waals surface area contributed by atoms with Gasteiger partial charge in [0.25, 0.3) is 0 Å². The van der Waals surface area contributed by atoms with Crippen LogP contribution in [0.1, 0.15) is 23.2 Å². The van der Waals surface area contributed by atoms with Crippen molar-refractivity contribution in [2.75, 3.05) is 11.4 Å². The molecule has 2 nitrogen and oxygen atoms in total. The average molecular weight is 307 g/mol. The minimum absolute atomic E-state index is 0.491. The Labute approximate surface area is 129 Å². The lowest BCUT2D eigenvalue weighted by Gasteiger charge is -2.31. The first kappa shape index (κ1) is 13.7. The lowest BCUT2D eigenvalue weighted by atomic mass is 9.99. The van der Waals surface area contributed by atoms with Gasteiger partial charge in [0.05, 0.1) is 17.3 Å². The molecule has 2 aromatic rings. The fraction of sp³-hybridized carbons (Fsp3) is 0.312. The second-order valence-electron chi connectivity index (χ2n) is 5.22. The van der Waals surface area contributed by atoms with E-state index in [4.69, 9.17) is 23.2 Å². The fourth-order valence-electron chi connectivity index (χ4n) is 2.72. The lowest BCUT2D eigenvalue weighted by molar-refractivity contribution is 0.683. The Morgan fingerprint density at radius 3 is 2.90 bits per heavy atom. The third-order valence-electron chi connectivity index (χ3n) is 3.68. The van der Waals surface area contributed by atoms with Crippen molar-refractivity contribution in [3.8, 4) is 0 Å². The SMILES string of the molecule is Cc1ccc2c(c1)CCCN2Cc1nc(Cl)ccc1Cl. The van der Waals surface area contributed by atoms with Gasteiger partial charge < -0.3 is 4.90 Å². The smallest absolute Gasteiger partial charge is 0.129 e. The summed E-state index contributed by atoms with van der Waals surface area (Å²) in [5.41, 5.74) is 4.85. The molecule has 0 unspecified atom stereocenters. The summed E-state index contributed by atoms with van der Waals surface area (Å²) < 4.78 is 0. The zero-order chi connectivity index (χ0) is 14.1. The zero-order valence-electron chi connectivity index (χ0n) is 11.4. The summed E-state index contributed by atoms with van der Waals surface area (Å²) in [5.74, 6) is 0. The Balaban J connectivity index is 1.91. The van der Waals surface area contributed by atoms with Crippen molar-refractivity contribution in [2.24, 2.45) is 0 Å². The summed E-state index contributed by atoms with van der Waals surface area (Å²) in [6.45, 7) is 3.87. The summed E-state index contributed by atoms with van der Waals surface area (Å²) in [4.78, 5) is 6.69. The van der Waals surface area contributed by atoms with Crippen LogP contribution in [-0.4, -0.2) is 11.5 Å². The maximum Gasteiger partial charge on any atom is 0.129 e. The number of nitrogens with zero attached hydrogens (tertiary/aromatic N) is 2. The Morgan fingerprint density at radius 1 is 1.20 bits per heavy atom. The standard InChI is InChI=1S/C16H16Cl2N2/c1-11-4-6-15-12(9-11)3-2-8-20(15)10-14-13(17)5-7-16(18)19-14/h4-7,9H,2-3,8,10H2,1H3. The predicted octanol–water partition coefficient (Wildman–Crippen LogP) is 4.65. The highest BCUT2D eigenvalue weighted by atomic mass is 35.5. The summed E-state index contributed by atoms with van der Waals surface area (Å²) in [6.07, 6.45) is 2.30. The van der Waals surface area contributed by atoms with Crippen LogP contribution in [0.5, 0.6) is 0 Å². The number of fused-ring (bicyclic) bond motifs is 1. The van der Waals surface area contributed by atoms with E-state index in [-0.39, 0.29) is 0 Å². The van der Waals surface area contributed by atoms with Crippen molar-refractivity contribution in [1.29, 1.82) is 0 Å². The highest BCUT2D eigenvalue weighted by Crippen LogP contribution is 2.30. The highest BCUT2D eigenvalue weighted by Gasteiger charge is 2.18. The number of halogens is 2. The molecule has 0 saturated carbocycles. The second-order valence-corrected chi connectivity index (χ2v) is 6.01. The average Bonchev–Trinajstić information content (AvgIpc) is 2.43. The molecule has 0 saturated heterocycles. The van der Waals surface area contributed by atoms with E-state index < -0.39 is 0 Å². The molecule has 0 fully saturated rings. The molecule has 1 aliphatic heterocycles. The first-order valence-electron chi connectivity index (χ1n) is 6.79. The molecule has 0 spiro atoms. The predicted molar refractivity (Wildman–Crippen MR) is 84.8 cm³/mol. The van der Waals surface area contributed by atoms with Crippen molar-refractivity contribution in [2.45, 2.75) is 26.3 Å². The van der Waals surface area contributed by atoms with Gasteiger partial charge in [0.1, 0.15) is 5.15 Å². The van der Waals surface area contributed by atoms with Gasteiger partial charge in [0.2, 0.25) is 0 Å². The Bertz CT molecular complexity index is 640. The van der Waals surface area contributed by atoms with Gasteiger partial charge in [-0.3, -0.25) is 0 Å². The Hall–Kier alpha value is -1.25. The number of rotatable bonds is 2. The van der Waals surface area contributed by atoms with E-state index in [0.717, 1.165) is 25.1 Å². The van der Waals surface area contributed by atoms with E-state index in [1.807, 2.05) is 6.07 Å². The summed E-state index contributed by atoms with van der Waals surface area (Å²) >= 11 is 12.2. The van der Waals surface area contributed by atoms with E-state index in [1.54, 1.807) is 6.07 Å². The van der Waals surface area contributed by atoms with E-state index in [0.29, 0.717) is 16.7 Å². The van der Waals surface area contributed by atoms with Crippen LogP contribution in [0.15, 0.2) is 30.3 Å². The number of pyridine rings is 1. The molecule has 0 aliphatic carbocycles. The lowest BCUT2D eigenvalue weighted by Crippen LogP contribution is -2.29. The van der Waals surface area contributed by atoms with Gasteiger partial charge in [-0.25, -0.2) is 4.98 Å². The molecule has 0 bridgehead atoms. The monoisotopic (exact) mass is 306 g/mol. The molecule has 0 atom stereocenters. The van der Waals surface area contributed by atoms with Crippen LogP contribution >= 0.6 is 23.2 Å². The number of hydrogen-bond donors (Lipinski definition) is 0. The molecule has 104 valence electrons. The molecule has 0 amide bonds. The fourth-order valence-corrected chi connectivity index (χ4v) is 3.05. The van der Waals surface area contributed by atoms with Crippen molar-refractivity contribution in [1.82, 2.24) is 4.98 Å². The van der Waals surface area contributed by atoms with Crippen LogP contribution in [0.25, 0.3) is 0 Å². The van der Waals surface area contributed by atoms with Crippen molar-refractivity contribution in [3.63, 3.8) is 0 Å². The Kier molecular flexibility index (Phi) is 3.86. The van der Waals surface area contributed by atoms with Gasteiger partial charge in [-0.05, 0) is 43.5 Å². The first-order valence-corrected chi connectivity index (χ1v) is 7.54. The summed E-state index contributed by atoms with van der Waals surface area (Å²) in [5, 5.41) is 1.17. The van der Waals surface area contributed by atoms with Crippen LogP contribution in [0.3, 0.4) is 0 Å². The van der Waals surface area contributed by atoms with Crippen LogP contribution in [-0.2, 0) is 13.0 Å². The van der Waals surface area contributed by atoms with Crippen molar-refractivity contribution in [3.05, 3.63) is 57.3 Å². The van der Waals surface area contributed by atoms with Gasteiger partial charge >= 0.3 is 0 Å². The van der Waals surface area contributed by atoms with Gasteiger partial charge in [0, 0.05) is 12.2 Å². The van der Waals surface area contributed by atoms with Gasteiger partial charge in [-0.1, -0.05) is 40.9 Å².